The molecule has 0 spiro atoms. The predicted molar refractivity (Wildman–Crippen MR) is 136 cm³/mol. The molecule has 2 N–H and O–H groups in total. The minimum Gasteiger partial charge on any atom is -0.494 e. The zero-order chi connectivity index (χ0) is 24.0. The molecule has 5 aromatic rings. The minimum atomic E-state index is -0.364. The van der Waals surface area contributed by atoms with Crippen LogP contribution in [0.3, 0.4) is 0 Å². The zero-order valence-corrected chi connectivity index (χ0v) is 19.0. The van der Waals surface area contributed by atoms with Crippen LogP contribution in [0.15, 0.2) is 91.3 Å². The highest BCUT2D eigenvalue weighted by Gasteiger charge is 2.15. The van der Waals surface area contributed by atoms with Crippen LogP contribution >= 0.6 is 0 Å². The lowest BCUT2D eigenvalue weighted by atomic mass is 10.1. The van der Waals surface area contributed by atoms with E-state index in [1.165, 1.54) is 0 Å². The highest BCUT2D eigenvalue weighted by molar-refractivity contribution is 6.01. The summed E-state index contributed by atoms with van der Waals surface area (Å²) in [5.74, 6) is 0.750. The Kier molecular flexibility index (Phi) is 6.25. The highest BCUT2D eigenvalue weighted by atomic mass is 16.5. The number of hydrogen-bond acceptors (Lipinski definition) is 6. The molecule has 2 amide bonds. The van der Waals surface area contributed by atoms with Crippen molar-refractivity contribution in [3.05, 3.63) is 91.3 Å². The summed E-state index contributed by atoms with van der Waals surface area (Å²) in [4.78, 5) is 31.1. The van der Waals surface area contributed by atoms with Crippen LogP contribution in [0.1, 0.15) is 6.92 Å². The van der Waals surface area contributed by atoms with Gasteiger partial charge in [-0.05, 0) is 73.7 Å². The lowest BCUT2D eigenvalue weighted by molar-refractivity contribution is 0.262. The molecule has 0 atom stereocenters. The van der Waals surface area contributed by atoms with Gasteiger partial charge in [0.1, 0.15) is 17.1 Å². The van der Waals surface area contributed by atoms with Crippen molar-refractivity contribution >= 4 is 28.4 Å². The van der Waals surface area contributed by atoms with Crippen LogP contribution in [0, 0.1) is 0 Å². The summed E-state index contributed by atoms with van der Waals surface area (Å²) in [5, 5.41) is 5.67. The van der Waals surface area contributed by atoms with Crippen LogP contribution in [0.25, 0.3) is 33.8 Å². The molecule has 0 fully saturated rings. The molecule has 5 rings (SSSR count). The Hall–Kier alpha value is -4.85. The number of benzene rings is 2. The van der Waals surface area contributed by atoms with Gasteiger partial charge in [-0.1, -0.05) is 12.1 Å². The standard InChI is InChI=1S/C27H22N6O2/c1-2-35-20-12-9-18(10-13-20)30-27(34)31-19-11-14-21-24(17-19)33-26(23-8-4-6-16-29-23)25(32-21)22-7-3-5-15-28-22/h3-17H,2H2,1H3,(H2,30,31,34). The SMILES string of the molecule is CCOc1ccc(NC(=O)Nc2ccc3nc(-c4ccccn4)c(-c4ccccn4)nc3c2)cc1. The molecular weight excluding hydrogens is 440 g/mol. The quantitative estimate of drug-likeness (QED) is 0.331. The van der Waals surface area contributed by atoms with E-state index in [0.29, 0.717) is 51.8 Å². The van der Waals surface area contributed by atoms with Crippen molar-refractivity contribution < 1.29 is 9.53 Å². The number of carbonyl (C=O) groups is 1. The Morgan fingerprint density at radius 1 is 0.743 bits per heavy atom. The Morgan fingerprint density at radius 2 is 1.34 bits per heavy atom. The number of rotatable bonds is 6. The molecule has 8 nitrogen and oxygen atoms in total. The van der Waals surface area contributed by atoms with Gasteiger partial charge in [0.05, 0.1) is 29.0 Å². The number of urea groups is 1. The molecule has 8 heteroatoms. The molecule has 0 bridgehead atoms. The lowest BCUT2D eigenvalue weighted by Gasteiger charge is -2.11. The number of hydrogen-bond donors (Lipinski definition) is 2. The Labute approximate surface area is 202 Å². The molecule has 3 aromatic heterocycles. The molecule has 0 saturated heterocycles. The van der Waals surface area contributed by atoms with E-state index in [-0.39, 0.29) is 6.03 Å². The molecular formula is C27H22N6O2. The molecule has 0 saturated carbocycles. The van der Waals surface area contributed by atoms with Gasteiger partial charge >= 0.3 is 6.03 Å². The van der Waals surface area contributed by atoms with Gasteiger partial charge in [-0.3, -0.25) is 9.97 Å². The van der Waals surface area contributed by atoms with Crippen molar-refractivity contribution in [2.75, 3.05) is 17.2 Å². The number of nitrogens with one attached hydrogen (secondary N) is 2. The number of amides is 2. The Balaban J connectivity index is 1.44. The zero-order valence-electron chi connectivity index (χ0n) is 19.0. The molecule has 35 heavy (non-hydrogen) atoms. The first-order valence-electron chi connectivity index (χ1n) is 11.1. The summed E-state index contributed by atoms with van der Waals surface area (Å²) in [6.45, 7) is 2.51. The number of fused-ring (bicyclic) bond motifs is 1. The van der Waals surface area contributed by atoms with Crippen LogP contribution in [0.4, 0.5) is 16.2 Å². The van der Waals surface area contributed by atoms with Crippen molar-refractivity contribution in [3.63, 3.8) is 0 Å². The second-order valence-corrected chi connectivity index (χ2v) is 7.59. The van der Waals surface area contributed by atoms with E-state index < -0.39 is 0 Å². The third-order valence-electron chi connectivity index (χ3n) is 5.16. The first-order valence-corrected chi connectivity index (χ1v) is 11.1. The molecule has 0 radical (unpaired) electrons. The third-order valence-corrected chi connectivity index (χ3v) is 5.16. The number of aromatic nitrogens is 4. The van der Waals surface area contributed by atoms with Crippen LogP contribution in [0.5, 0.6) is 5.75 Å². The number of pyridine rings is 2. The maximum absolute atomic E-state index is 12.5. The van der Waals surface area contributed by atoms with Crippen molar-refractivity contribution in [3.8, 4) is 28.5 Å². The first kappa shape index (κ1) is 22.0. The second-order valence-electron chi connectivity index (χ2n) is 7.59. The average Bonchev–Trinajstić information content (AvgIpc) is 2.90. The van der Waals surface area contributed by atoms with Gasteiger partial charge in [0, 0.05) is 23.8 Å². The van der Waals surface area contributed by atoms with E-state index in [1.807, 2.05) is 61.5 Å². The fraction of sp³-hybridized carbons (Fsp3) is 0.0741. The number of ether oxygens (including phenoxy) is 1. The van der Waals surface area contributed by atoms with E-state index in [4.69, 9.17) is 14.7 Å². The topological polar surface area (TPSA) is 102 Å². The number of anilines is 2. The van der Waals surface area contributed by atoms with Crippen LogP contribution in [-0.2, 0) is 0 Å². The van der Waals surface area contributed by atoms with Gasteiger partial charge in [0.2, 0.25) is 0 Å². The van der Waals surface area contributed by atoms with Gasteiger partial charge in [-0.15, -0.1) is 0 Å². The number of carbonyl (C=O) groups excluding carboxylic acids is 1. The maximum atomic E-state index is 12.5. The van der Waals surface area contributed by atoms with Crippen LogP contribution < -0.4 is 15.4 Å². The summed E-state index contributed by atoms with van der Waals surface area (Å²) in [6.07, 6.45) is 3.44. The molecule has 3 heterocycles. The van der Waals surface area contributed by atoms with E-state index in [9.17, 15) is 4.79 Å². The molecule has 0 unspecified atom stereocenters. The summed E-state index contributed by atoms with van der Waals surface area (Å²) in [6, 6.07) is 23.5. The molecule has 0 aliphatic heterocycles. The average molecular weight is 463 g/mol. The molecule has 2 aromatic carbocycles. The van der Waals surface area contributed by atoms with E-state index in [2.05, 4.69) is 20.6 Å². The van der Waals surface area contributed by atoms with Crippen molar-refractivity contribution in [1.29, 1.82) is 0 Å². The predicted octanol–water partition coefficient (Wildman–Crippen LogP) is 5.80. The largest absolute Gasteiger partial charge is 0.494 e. The van der Waals surface area contributed by atoms with Gasteiger partial charge in [0.15, 0.2) is 0 Å². The van der Waals surface area contributed by atoms with Crippen LogP contribution in [-0.4, -0.2) is 32.6 Å². The Morgan fingerprint density at radius 3 is 1.94 bits per heavy atom. The smallest absolute Gasteiger partial charge is 0.323 e. The molecule has 0 aliphatic carbocycles. The fourth-order valence-electron chi connectivity index (χ4n) is 3.59. The van der Waals surface area contributed by atoms with Gasteiger partial charge in [-0.25, -0.2) is 14.8 Å². The van der Waals surface area contributed by atoms with Gasteiger partial charge in [0.25, 0.3) is 0 Å². The third kappa shape index (κ3) is 5.06. The van der Waals surface area contributed by atoms with Crippen molar-refractivity contribution in [2.45, 2.75) is 6.92 Å². The molecule has 172 valence electrons. The fourth-order valence-corrected chi connectivity index (χ4v) is 3.59. The summed E-state index contributed by atoms with van der Waals surface area (Å²) < 4.78 is 5.43. The molecule has 0 aliphatic rings. The summed E-state index contributed by atoms with van der Waals surface area (Å²) >= 11 is 0. The Bertz CT molecular complexity index is 1460. The monoisotopic (exact) mass is 462 g/mol. The van der Waals surface area contributed by atoms with Gasteiger partial charge < -0.3 is 15.4 Å². The maximum Gasteiger partial charge on any atom is 0.323 e. The lowest BCUT2D eigenvalue weighted by Crippen LogP contribution is -2.19. The van der Waals surface area contributed by atoms with E-state index in [1.54, 1.807) is 36.7 Å². The van der Waals surface area contributed by atoms with Crippen LogP contribution in [0.2, 0.25) is 0 Å². The summed E-state index contributed by atoms with van der Waals surface area (Å²) in [5.41, 5.74) is 5.22. The van der Waals surface area contributed by atoms with Crippen molar-refractivity contribution in [2.24, 2.45) is 0 Å². The van der Waals surface area contributed by atoms with Crippen molar-refractivity contribution in [1.82, 2.24) is 19.9 Å². The van der Waals surface area contributed by atoms with E-state index in [0.717, 1.165) is 5.75 Å². The summed E-state index contributed by atoms with van der Waals surface area (Å²) in [7, 11) is 0. The second kappa shape index (κ2) is 9.96. The normalized spacial score (nSPS) is 10.7. The minimum absolute atomic E-state index is 0.364. The van der Waals surface area contributed by atoms with E-state index >= 15 is 0 Å². The highest BCUT2D eigenvalue weighted by Crippen LogP contribution is 2.29. The van der Waals surface area contributed by atoms with Gasteiger partial charge in [-0.2, -0.15) is 0 Å². The first-order chi connectivity index (χ1) is 17.2. The number of nitrogens with zero attached hydrogens (tertiary/aromatic N) is 4.